The molecule has 0 aliphatic rings. The van der Waals surface area contributed by atoms with E-state index in [9.17, 15) is 4.79 Å². The van der Waals surface area contributed by atoms with Crippen molar-refractivity contribution in [1.82, 2.24) is 10.5 Å². The van der Waals surface area contributed by atoms with Crippen molar-refractivity contribution in [2.75, 3.05) is 20.3 Å². The van der Waals surface area contributed by atoms with E-state index in [1.807, 2.05) is 24.3 Å². The van der Waals surface area contributed by atoms with E-state index in [0.717, 1.165) is 5.56 Å². The van der Waals surface area contributed by atoms with Crippen molar-refractivity contribution in [2.24, 2.45) is 0 Å². The number of hydrogen-bond acceptors (Lipinski definition) is 6. The molecule has 1 N–H and O–H groups in total. The molecule has 0 bridgehead atoms. The second-order valence-electron chi connectivity index (χ2n) is 6.01. The van der Waals surface area contributed by atoms with Crippen LogP contribution in [0.25, 0.3) is 11.3 Å². The molecule has 2 rings (SSSR count). The molecule has 24 heavy (non-hydrogen) atoms. The summed E-state index contributed by atoms with van der Waals surface area (Å²) in [5.74, 6) is 1.57. The number of ether oxygens (including phenoxy) is 3. The highest BCUT2D eigenvalue weighted by Gasteiger charge is 2.16. The Morgan fingerprint density at radius 3 is 2.75 bits per heavy atom. The van der Waals surface area contributed by atoms with Crippen LogP contribution in [0, 0.1) is 0 Å². The zero-order valence-corrected chi connectivity index (χ0v) is 14.3. The highest BCUT2D eigenvalue weighted by molar-refractivity contribution is 5.67. The normalized spacial score (nSPS) is 11.0. The highest BCUT2D eigenvalue weighted by Crippen LogP contribution is 2.31. The van der Waals surface area contributed by atoms with Crippen LogP contribution in [-0.4, -0.2) is 37.1 Å². The van der Waals surface area contributed by atoms with Crippen LogP contribution in [0.3, 0.4) is 0 Å². The Morgan fingerprint density at radius 2 is 2.04 bits per heavy atom. The summed E-state index contributed by atoms with van der Waals surface area (Å²) in [7, 11) is 1.59. The predicted molar refractivity (Wildman–Crippen MR) is 88.2 cm³/mol. The minimum absolute atomic E-state index is 0.247. The molecular weight excluding hydrogens is 312 g/mol. The van der Waals surface area contributed by atoms with E-state index in [1.165, 1.54) is 0 Å². The summed E-state index contributed by atoms with van der Waals surface area (Å²) in [5, 5.41) is 6.45. The van der Waals surface area contributed by atoms with Crippen LogP contribution in [0.5, 0.6) is 11.6 Å². The third-order valence-electron chi connectivity index (χ3n) is 2.88. The van der Waals surface area contributed by atoms with Crippen LogP contribution >= 0.6 is 0 Å². The quantitative estimate of drug-likeness (QED) is 0.817. The molecule has 0 aliphatic heterocycles. The highest BCUT2D eigenvalue weighted by atomic mass is 16.6. The van der Waals surface area contributed by atoms with Crippen LogP contribution < -0.4 is 14.8 Å². The number of para-hydroxylation sites is 1. The van der Waals surface area contributed by atoms with Gasteiger partial charge in [0.05, 0.1) is 19.2 Å². The third kappa shape index (κ3) is 5.19. The number of hydrogen-bond donors (Lipinski definition) is 1. The topological polar surface area (TPSA) is 82.8 Å². The van der Waals surface area contributed by atoms with Gasteiger partial charge in [-0.2, -0.15) is 0 Å². The lowest BCUT2D eigenvalue weighted by Crippen LogP contribution is -2.34. The molecular formula is C17H22N2O5. The van der Waals surface area contributed by atoms with Crippen LogP contribution in [0.2, 0.25) is 0 Å². The molecule has 0 fully saturated rings. The van der Waals surface area contributed by atoms with E-state index < -0.39 is 11.7 Å². The van der Waals surface area contributed by atoms with Crippen molar-refractivity contribution in [3.8, 4) is 23.0 Å². The van der Waals surface area contributed by atoms with Gasteiger partial charge in [-0.05, 0) is 38.1 Å². The summed E-state index contributed by atoms with van der Waals surface area (Å²) in [6.45, 7) is 5.95. The zero-order chi connectivity index (χ0) is 17.6. The molecule has 0 unspecified atom stereocenters. The van der Waals surface area contributed by atoms with E-state index >= 15 is 0 Å². The maximum absolute atomic E-state index is 11.5. The minimum Gasteiger partial charge on any atom is -0.496 e. The van der Waals surface area contributed by atoms with Gasteiger partial charge in [0, 0.05) is 6.07 Å². The Morgan fingerprint density at radius 1 is 1.29 bits per heavy atom. The van der Waals surface area contributed by atoms with Gasteiger partial charge in [-0.15, -0.1) is 0 Å². The standard InChI is InChI=1S/C17H22N2O5/c1-17(2,3)23-16(20)18-9-10-22-15-11-14(24-19-15)12-7-5-6-8-13(12)21-4/h5-8,11H,9-10H2,1-4H3,(H,18,20). The lowest BCUT2D eigenvalue weighted by atomic mass is 10.1. The van der Waals surface area contributed by atoms with Gasteiger partial charge in [0.25, 0.3) is 5.88 Å². The Labute approximate surface area is 140 Å². The number of carbonyl (C=O) groups is 1. The molecule has 0 saturated heterocycles. The molecule has 7 heteroatoms. The number of carbonyl (C=O) groups excluding carboxylic acids is 1. The number of benzene rings is 1. The average molecular weight is 334 g/mol. The molecule has 0 aliphatic carbocycles. The Kier molecular flexibility index (Phi) is 5.68. The zero-order valence-electron chi connectivity index (χ0n) is 14.3. The fraction of sp³-hybridized carbons (Fsp3) is 0.412. The van der Waals surface area contributed by atoms with E-state index in [4.69, 9.17) is 18.7 Å². The fourth-order valence-electron chi connectivity index (χ4n) is 1.93. The summed E-state index contributed by atoms with van der Waals surface area (Å²) in [4.78, 5) is 11.5. The second kappa shape index (κ2) is 7.72. The van der Waals surface area contributed by atoms with E-state index in [-0.39, 0.29) is 6.61 Å². The SMILES string of the molecule is COc1ccccc1-c1cc(OCCNC(=O)OC(C)(C)C)no1. The minimum atomic E-state index is -0.527. The average Bonchev–Trinajstić information content (AvgIpc) is 2.98. The van der Waals surface area contributed by atoms with Crippen LogP contribution in [0.1, 0.15) is 20.8 Å². The molecule has 1 aromatic heterocycles. The monoisotopic (exact) mass is 334 g/mol. The van der Waals surface area contributed by atoms with Crippen molar-refractivity contribution in [3.63, 3.8) is 0 Å². The molecule has 0 atom stereocenters. The summed E-state index contributed by atoms with van der Waals surface area (Å²) in [5.41, 5.74) is 0.259. The molecule has 2 aromatic rings. The third-order valence-corrected chi connectivity index (χ3v) is 2.88. The van der Waals surface area contributed by atoms with Gasteiger partial charge in [-0.3, -0.25) is 0 Å². The van der Waals surface area contributed by atoms with Crippen molar-refractivity contribution in [2.45, 2.75) is 26.4 Å². The first kappa shape index (κ1) is 17.7. The van der Waals surface area contributed by atoms with Crippen LogP contribution in [0.15, 0.2) is 34.9 Å². The second-order valence-corrected chi connectivity index (χ2v) is 6.01. The molecule has 130 valence electrons. The van der Waals surface area contributed by atoms with Gasteiger partial charge in [0.15, 0.2) is 5.76 Å². The number of amides is 1. The molecule has 1 heterocycles. The summed E-state index contributed by atoms with van der Waals surface area (Å²) >= 11 is 0. The maximum Gasteiger partial charge on any atom is 0.407 e. The molecule has 1 aromatic carbocycles. The Balaban J connectivity index is 1.83. The van der Waals surface area contributed by atoms with Gasteiger partial charge >= 0.3 is 6.09 Å². The van der Waals surface area contributed by atoms with E-state index in [1.54, 1.807) is 33.9 Å². The van der Waals surface area contributed by atoms with Gasteiger partial charge in [-0.25, -0.2) is 4.79 Å². The molecule has 7 nitrogen and oxygen atoms in total. The fourth-order valence-corrected chi connectivity index (χ4v) is 1.93. The first-order valence-corrected chi connectivity index (χ1v) is 7.59. The number of rotatable bonds is 6. The predicted octanol–water partition coefficient (Wildman–Crippen LogP) is 3.25. The summed E-state index contributed by atoms with van der Waals surface area (Å²) < 4.78 is 21.1. The van der Waals surface area contributed by atoms with Gasteiger partial charge < -0.3 is 24.1 Å². The lowest BCUT2D eigenvalue weighted by Gasteiger charge is -2.19. The Hall–Kier alpha value is -2.70. The van der Waals surface area contributed by atoms with Gasteiger partial charge in [0.1, 0.15) is 18.0 Å². The maximum atomic E-state index is 11.5. The molecule has 1 amide bonds. The molecule has 0 spiro atoms. The van der Waals surface area contributed by atoms with Gasteiger partial charge in [0.2, 0.25) is 0 Å². The number of methoxy groups -OCH3 is 1. The van der Waals surface area contributed by atoms with Gasteiger partial charge in [-0.1, -0.05) is 12.1 Å². The summed E-state index contributed by atoms with van der Waals surface area (Å²) in [6.07, 6.45) is -0.485. The van der Waals surface area contributed by atoms with Crippen molar-refractivity contribution in [1.29, 1.82) is 0 Å². The van der Waals surface area contributed by atoms with E-state index in [2.05, 4.69) is 10.5 Å². The Bertz CT molecular complexity index is 676. The molecule has 0 radical (unpaired) electrons. The number of alkyl carbamates (subject to hydrolysis) is 1. The number of nitrogens with zero attached hydrogens (tertiary/aromatic N) is 1. The van der Waals surface area contributed by atoms with E-state index in [0.29, 0.717) is 23.9 Å². The first-order chi connectivity index (χ1) is 11.4. The smallest absolute Gasteiger partial charge is 0.407 e. The number of nitrogens with one attached hydrogen (secondary N) is 1. The first-order valence-electron chi connectivity index (χ1n) is 7.59. The largest absolute Gasteiger partial charge is 0.496 e. The van der Waals surface area contributed by atoms with Crippen LogP contribution in [-0.2, 0) is 4.74 Å². The van der Waals surface area contributed by atoms with Crippen molar-refractivity contribution < 1.29 is 23.5 Å². The lowest BCUT2D eigenvalue weighted by molar-refractivity contribution is 0.0519. The summed E-state index contributed by atoms with van der Waals surface area (Å²) in [6, 6.07) is 9.13. The van der Waals surface area contributed by atoms with Crippen molar-refractivity contribution >= 4 is 6.09 Å². The van der Waals surface area contributed by atoms with Crippen molar-refractivity contribution in [3.05, 3.63) is 30.3 Å². The van der Waals surface area contributed by atoms with Crippen LogP contribution in [0.4, 0.5) is 4.79 Å². The number of aromatic nitrogens is 1. The molecule has 0 saturated carbocycles.